The molecule has 4 heterocycles. The van der Waals surface area contributed by atoms with Crippen LogP contribution in [0.25, 0.3) is 32.9 Å². The molecule has 1 atom stereocenters. The highest BCUT2D eigenvalue weighted by Crippen LogP contribution is 2.36. The van der Waals surface area contributed by atoms with E-state index in [4.69, 9.17) is 16.3 Å². The van der Waals surface area contributed by atoms with E-state index in [1.54, 1.807) is 11.1 Å². The molecule has 0 radical (unpaired) electrons. The van der Waals surface area contributed by atoms with Gasteiger partial charge >= 0.3 is 0 Å². The number of halogens is 1. The second-order valence-electron chi connectivity index (χ2n) is 6.62. The standard InChI is InChI=1S/C20H17ClN4O2/c1-11-18-14(4-5-22-11)16-9-13(21)8-15(19(16)24-18)12-2-3-17(23-10-12)25-6-7-27-20(25)26/h2-5,8-10,20,24,26H,6-7H2,1H3. The van der Waals surface area contributed by atoms with Gasteiger partial charge in [0, 0.05) is 45.9 Å². The largest absolute Gasteiger partial charge is 0.353 e. The minimum Gasteiger partial charge on any atom is -0.353 e. The van der Waals surface area contributed by atoms with E-state index in [1.165, 1.54) is 0 Å². The van der Waals surface area contributed by atoms with Crippen molar-refractivity contribution >= 4 is 39.2 Å². The lowest BCUT2D eigenvalue weighted by Gasteiger charge is -2.19. The number of H-pyrrole nitrogens is 1. The van der Waals surface area contributed by atoms with Crippen molar-refractivity contribution in [2.24, 2.45) is 0 Å². The van der Waals surface area contributed by atoms with Gasteiger partial charge in [-0.25, -0.2) is 4.98 Å². The number of pyridine rings is 2. The molecule has 1 aliphatic rings. The summed E-state index contributed by atoms with van der Waals surface area (Å²) < 4.78 is 5.17. The summed E-state index contributed by atoms with van der Waals surface area (Å²) in [5.41, 5.74) is 4.88. The third-order valence-corrected chi connectivity index (χ3v) is 5.22. The first-order valence-electron chi connectivity index (χ1n) is 8.71. The number of aryl methyl sites for hydroxylation is 1. The van der Waals surface area contributed by atoms with Crippen LogP contribution in [0.5, 0.6) is 0 Å². The maximum Gasteiger partial charge on any atom is 0.239 e. The van der Waals surface area contributed by atoms with E-state index in [-0.39, 0.29) is 0 Å². The number of ether oxygens (including phenoxy) is 1. The first-order chi connectivity index (χ1) is 13.1. The van der Waals surface area contributed by atoms with Gasteiger partial charge in [-0.05, 0) is 37.3 Å². The minimum atomic E-state index is -0.939. The zero-order valence-electron chi connectivity index (χ0n) is 14.6. The van der Waals surface area contributed by atoms with Crippen LogP contribution in [-0.4, -0.2) is 39.6 Å². The van der Waals surface area contributed by atoms with Crippen LogP contribution in [-0.2, 0) is 4.74 Å². The van der Waals surface area contributed by atoms with Gasteiger partial charge in [0.2, 0.25) is 6.41 Å². The van der Waals surface area contributed by atoms with E-state index in [1.807, 2.05) is 43.5 Å². The van der Waals surface area contributed by atoms with Crippen molar-refractivity contribution in [2.75, 3.05) is 18.1 Å². The quantitative estimate of drug-likeness (QED) is 0.552. The highest BCUT2D eigenvalue weighted by molar-refractivity contribution is 6.32. The predicted octanol–water partition coefficient (Wildman–Crippen LogP) is 3.85. The average molecular weight is 381 g/mol. The summed E-state index contributed by atoms with van der Waals surface area (Å²) in [7, 11) is 0. The number of rotatable bonds is 2. The van der Waals surface area contributed by atoms with Crippen molar-refractivity contribution in [3.05, 3.63) is 53.4 Å². The molecule has 4 aromatic rings. The highest BCUT2D eigenvalue weighted by atomic mass is 35.5. The maximum atomic E-state index is 9.85. The van der Waals surface area contributed by atoms with Gasteiger partial charge in [-0.3, -0.25) is 4.98 Å². The van der Waals surface area contributed by atoms with Gasteiger partial charge in [-0.15, -0.1) is 0 Å². The van der Waals surface area contributed by atoms with Gasteiger partial charge < -0.3 is 19.7 Å². The molecule has 6 nitrogen and oxygen atoms in total. The molecule has 7 heteroatoms. The van der Waals surface area contributed by atoms with E-state index in [9.17, 15) is 5.11 Å². The fourth-order valence-corrected chi connectivity index (χ4v) is 3.87. The number of nitrogens with zero attached hydrogens (tertiary/aromatic N) is 3. The molecule has 0 bridgehead atoms. The number of hydrogen-bond acceptors (Lipinski definition) is 5. The predicted molar refractivity (Wildman–Crippen MR) is 106 cm³/mol. The molecule has 1 unspecified atom stereocenters. The van der Waals surface area contributed by atoms with E-state index in [0.717, 1.165) is 38.6 Å². The topological polar surface area (TPSA) is 74.3 Å². The summed E-state index contributed by atoms with van der Waals surface area (Å²) in [6, 6.07) is 9.77. The second-order valence-corrected chi connectivity index (χ2v) is 7.05. The smallest absolute Gasteiger partial charge is 0.239 e. The Bertz CT molecular complexity index is 1160. The summed E-state index contributed by atoms with van der Waals surface area (Å²) in [5.74, 6) is 0.679. The van der Waals surface area contributed by atoms with Crippen LogP contribution < -0.4 is 4.90 Å². The SMILES string of the molecule is Cc1nccc2c1[nH]c1c(-c3ccc(N4CCOC4O)nc3)cc(Cl)cc12. The molecule has 27 heavy (non-hydrogen) atoms. The molecule has 136 valence electrons. The first kappa shape index (κ1) is 16.5. The normalized spacial score (nSPS) is 17.3. The Labute approximate surface area is 160 Å². The van der Waals surface area contributed by atoms with Gasteiger partial charge in [-0.1, -0.05) is 11.6 Å². The number of aliphatic hydroxyl groups is 1. The number of hydrogen-bond donors (Lipinski definition) is 2. The summed E-state index contributed by atoms with van der Waals surface area (Å²) in [4.78, 5) is 14.1. The molecule has 0 spiro atoms. The molecule has 0 saturated carbocycles. The molecule has 2 N–H and O–H groups in total. The van der Waals surface area contributed by atoms with Gasteiger partial charge in [0.1, 0.15) is 5.82 Å². The van der Waals surface area contributed by atoms with Gasteiger partial charge in [-0.2, -0.15) is 0 Å². The van der Waals surface area contributed by atoms with Crippen molar-refractivity contribution in [1.82, 2.24) is 15.0 Å². The third-order valence-electron chi connectivity index (χ3n) is 5.00. The van der Waals surface area contributed by atoms with Gasteiger partial charge in [0.25, 0.3) is 0 Å². The summed E-state index contributed by atoms with van der Waals surface area (Å²) >= 11 is 6.42. The lowest BCUT2D eigenvalue weighted by Crippen LogP contribution is -2.30. The molecule has 1 aliphatic heterocycles. The fourth-order valence-electron chi connectivity index (χ4n) is 3.66. The molecule has 0 aliphatic carbocycles. The third kappa shape index (κ3) is 2.65. The lowest BCUT2D eigenvalue weighted by atomic mass is 10.0. The van der Waals surface area contributed by atoms with Gasteiger partial charge in [0.15, 0.2) is 0 Å². The van der Waals surface area contributed by atoms with Crippen molar-refractivity contribution in [3.63, 3.8) is 0 Å². The van der Waals surface area contributed by atoms with Crippen LogP contribution in [0.2, 0.25) is 5.02 Å². The number of aliphatic hydroxyl groups excluding tert-OH is 1. The van der Waals surface area contributed by atoms with Crippen molar-refractivity contribution in [2.45, 2.75) is 13.3 Å². The first-order valence-corrected chi connectivity index (χ1v) is 9.09. The number of aromatic nitrogens is 3. The van der Waals surface area contributed by atoms with Crippen LogP contribution in [0.3, 0.4) is 0 Å². The van der Waals surface area contributed by atoms with E-state index in [2.05, 4.69) is 15.0 Å². The van der Waals surface area contributed by atoms with Crippen molar-refractivity contribution < 1.29 is 9.84 Å². The Morgan fingerprint density at radius 1 is 1.19 bits per heavy atom. The molecule has 0 amide bonds. The monoisotopic (exact) mass is 380 g/mol. The Morgan fingerprint density at radius 2 is 2.07 bits per heavy atom. The van der Waals surface area contributed by atoms with Crippen LogP contribution in [0.1, 0.15) is 5.69 Å². The maximum absolute atomic E-state index is 9.85. The Balaban J connectivity index is 1.66. The van der Waals surface area contributed by atoms with Crippen molar-refractivity contribution in [1.29, 1.82) is 0 Å². The van der Waals surface area contributed by atoms with E-state index < -0.39 is 6.41 Å². The number of fused-ring (bicyclic) bond motifs is 3. The van der Waals surface area contributed by atoms with Crippen molar-refractivity contribution in [3.8, 4) is 11.1 Å². The minimum absolute atomic E-state index is 0.488. The Hall–Kier alpha value is -2.67. The number of nitrogens with one attached hydrogen (secondary N) is 1. The zero-order valence-corrected chi connectivity index (χ0v) is 15.4. The molecule has 1 fully saturated rings. The van der Waals surface area contributed by atoms with Crippen LogP contribution in [0.15, 0.2) is 42.7 Å². The highest BCUT2D eigenvalue weighted by Gasteiger charge is 2.24. The van der Waals surface area contributed by atoms with E-state index >= 15 is 0 Å². The van der Waals surface area contributed by atoms with Crippen LogP contribution in [0.4, 0.5) is 5.82 Å². The van der Waals surface area contributed by atoms with Gasteiger partial charge in [0.05, 0.1) is 23.3 Å². The number of aromatic amines is 1. The molecular weight excluding hydrogens is 364 g/mol. The Kier molecular flexibility index (Phi) is 3.79. The Morgan fingerprint density at radius 3 is 2.81 bits per heavy atom. The van der Waals surface area contributed by atoms with Crippen LogP contribution in [0, 0.1) is 6.92 Å². The molecule has 3 aromatic heterocycles. The molecular formula is C20H17ClN4O2. The average Bonchev–Trinajstić information content (AvgIpc) is 3.26. The van der Waals surface area contributed by atoms with Crippen LogP contribution >= 0.6 is 11.6 Å². The molecule has 5 rings (SSSR count). The summed E-state index contributed by atoms with van der Waals surface area (Å²) in [6.07, 6.45) is 2.67. The summed E-state index contributed by atoms with van der Waals surface area (Å²) in [6.45, 7) is 3.09. The second kappa shape index (κ2) is 6.20. The molecule has 1 aromatic carbocycles. The zero-order chi connectivity index (χ0) is 18.5. The van der Waals surface area contributed by atoms with E-state index in [0.29, 0.717) is 24.0 Å². The number of benzene rings is 1. The fraction of sp³-hybridized carbons (Fsp3) is 0.200. The summed E-state index contributed by atoms with van der Waals surface area (Å²) in [5, 5.41) is 12.7. The molecule has 1 saturated heterocycles. The number of anilines is 1. The lowest BCUT2D eigenvalue weighted by molar-refractivity contribution is -0.0576.